The molecular weight excluding hydrogens is 582 g/mol. The van der Waals surface area contributed by atoms with Crippen LogP contribution in [0.15, 0.2) is 38.0 Å². The van der Waals surface area contributed by atoms with Crippen LogP contribution >= 0.6 is 0 Å². The van der Waals surface area contributed by atoms with Gasteiger partial charge in [-0.15, -0.1) is 0 Å². The summed E-state index contributed by atoms with van der Waals surface area (Å²) in [5.74, 6) is -0.805. The summed E-state index contributed by atoms with van der Waals surface area (Å²) in [5.41, 5.74) is 0. The Balaban J connectivity index is 0.000000337. The van der Waals surface area contributed by atoms with E-state index < -0.39 is 5.97 Å². The summed E-state index contributed by atoms with van der Waals surface area (Å²) >= 11 is 0. The number of carbonyl (C=O) groups excluding carboxylic acids is 3. The topological polar surface area (TPSA) is 128 Å². The third-order valence-corrected chi connectivity index (χ3v) is 7.11. The van der Waals surface area contributed by atoms with E-state index in [1.54, 1.807) is 0 Å². The van der Waals surface area contributed by atoms with E-state index in [1.807, 2.05) is 0 Å². The number of hydrogen-bond donors (Lipinski definition) is 1. The van der Waals surface area contributed by atoms with Crippen molar-refractivity contribution >= 4 is 17.7 Å². The van der Waals surface area contributed by atoms with Gasteiger partial charge < -0.3 is 38.5 Å². The monoisotopic (exact) mass is 639 g/mol. The van der Waals surface area contributed by atoms with Crippen molar-refractivity contribution in [2.45, 2.75) is 88.9 Å². The highest BCUT2D eigenvalue weighted by molar-refractivity contribution is 5.90. The highest BCUT2D eigenvalue weighted by atomic mass is 16.6. The first-order chi connectivity index (χ1) is 22.0. The van der Waals surface area contributed by atoms with Crippen LogP contribution in [-0.4, -0.2) is 109 Å². The maximum absolute atomic E-state index is 10.8. The molecule has 258 valence electrons. The Morgan fingerprint density at radius 3 is 1.82 bits per heavy atom. The molecule has 11 nitrogen and oxygen atoms in total. The molecule has 0 aromatic carbocycles. The van der Waals surface area contributed by atoms with Crippen LogP contribution in [0.25, 0.3) is 0 Å². The summed E-state index contributed by atoms with van der Waals surface area (Å²) in [6, 6.07) is 0. The van der Waals surface area contributed by atoms with Gasteiger partial charge in [-0.05, 0) is 83.2 Å². The first kappa shape index (κ1) is 40.6. The minimum Gasteiger partial charge on any atom is -0.462 e. The number of esters is 2. The predicted octanol–water partition coefficient (Wildman–Crippen LogP) is 4.28. The van der Waals surface area contributed by atoms with E-state index in [4.69, 9.17) is 33.2 Å². The molecule has 3 heterocycles. The molecule has 3 saturated heterocycles. The molecule has 0 bridgehead atoms. The van der Waals surface area contributed by atoms with Crippen molar-refractivity contribution in [1.82, 2.24) is 5.32 Å². The van der Waals surface area contributed by atoms with Crippen LogP contribution in [0.4, 0.5) is 0 Å². The van der Waals surface area contributed by atoms with Crippen LogP contribution in [0.2, 0.25) is 0 Å². The van der Waals surface area contributed by atoms with Gasteiger partial charge >= 0.3 is 11.9 Å². The average molecular weight is 640 g/mol. The molecule has 0 saturated carbocycles. The first-order valence-electron chi connectivity index (χ1n) is 16.4. The number of hydrogen-bond acceptors (Lipinski definition) is 11. The summed E-state index contributed by atoms with van der Waals surface area (Å²) in [6.45, 7) is 17.1. The molecule has 0 aliphatic carbocycles. The van der Waals surface area contributed by atoms with Crippen LogP contribution in [0.5, 0.6) is 0 Å². The van der Waals surface area contributed by atoms with E-state index in [9.17, 15) is 14.4 Å². The maximum atomic E-state index is 10.8. The van der Waals surface area contributed by atoms with Gasteiger partial charge in [0, 0.05) is 51.7 Å². The quantitative estimate of drug-likeness (QED) is 0.104. The third kappa shape index (κ3) is 24.5. The minimum atomic E-state index is -0.405. The first-order valence-corrected chi connectivity index (χ1v) is 16.4. The largest absolute Gasteiger partial charge is 0.462 e. The maximum Gasteiger partial charge on any atom is 0.330 e. The lowest BCUT2D eigenvalue weighted by atomic mass is 10.1. The summed E-state index contributed by atoms with van der Waals surface area (Å²) in [7, 11) is 0. The molecular formula is C34H57NO10. The normalized spacial score (nSPS) is 20.2. The molecule has 0 aromatic heterocycles. The van der Waals surface area contributed by atoms with Crippen molar-refractivity contribution in [2.24, 2.45) is 0 Å². The van der Waals surface area contributed by atoms with Crippen molar-refractivity contribution in [1.29, 1.82) is 0 Å². The number of rotatable bonds is 22. The molecule has 0 aromatic rings. The average Bonchev–Trinajstić information content (AvgIpc) is 3.87. The van der Waals surface area contributed by atoms with E-state index >= 15 is 0 Å². The van der Waals surface area contributed by atoms with Gasteiger partial charge in [0.15, 0.2) is 5.78 Å². The van der Waals surface area contributed by atoms with E-state index in [-0.39, 0.29) is 25.0 Å². The fourth-order valence-electron chi connectivity index (χ4n) is 4.63. The molecule has 3 atom stereocenters. The fraction of sp³-hybridized carbons (Fsp3) is 0.735. The van der Waals surface area contributed by atoms with E-state index in [0.29, 0.717) is 44.7 Å². The van der Waals surface area contributed by atoms with Crippen molar-refractivity contribution in [3.63, 3.8) is 0 Å². The van der Waals surface area contributed by atoms with Crippen LogP contribution in [-0.2, 0) is 47.5 Å². The zero-order chi connectivity index (χ0) is 32.8. The van der Waals surface area contributed by atoms with Gasteiger partial charge in [-0.25, -0.2) is 9.59 Å². The van der Waals surface area contributed by atoms with Crippen molar-refractivity contribution < 1.29 is 47.5 Å². The Morgan fingerprint density at radius 2 is 1.24 bits per heavy atom. The third-order valence-electron chi connectivity index (χ3n) is 7.11. The standard InChI is InChI=1S/C12H20O3.C11H19NO3.C11H18O4/c1-2-11(13)10-14-8-4-3-6-12-7-5-9-15-12;1-2-11(13)15-8-4-6-12-9-10-5-3-7-14-10;1-2-11(12)15-9-8-13-7-5-10-4-3-6-14-10/h2,12H,1,3-10H2;2,10,12H,1,3-9H2;2,10H,1,3-9H2. The lowest BCUT2D eigenvalue weighted by molar-refractivity contribution is -0.139. The van der Waals surface area contributed by atoms with Gasteiger partial charge in [0.2, 0.25) is 0 Å². The molecule has 45 heavy (non-hydrogen) atoms. The second kappa shape index (κ2) is 29.0. The Labute approximate surface area is 270 Å². The second-order valence-electron chi connectivity index (χ2n) is 10.8. The molecule has 3 aliphatic heterocycles. The molecule has 11 heteroatoms. The summed E-state index contributed by atoms with van der Waals surface area (Å²) in [5, 5.41) is 3.28. The van der Waals surface area contributed by atoms with Gasteiger partial charge in [0.1, 0.15) is 13.2 Å². The van der Waals surface area contributed by atoms with Crippen LogP contribution in [0.3, 0.4) is 0 Å². The number of ether oxygens (including phenoxy) is 7. The summed E-state index contributed by atoms with van der Waals surface area (Å²) in [6.07, 6.45) is 16.8. The smallest absolute Gasteiger partial charge is 0.330 e. The molecule has 1 N–H and O–H groups in total. The minimum absolute atomic E-state index is 0.0471. The fourth-order valence-corrected chi connectivity index (χ4v) is 4.63. The summed E-state index contributed by atoms with van der Waals surface area (Å²) < 4.78 is 36.5. The Bertz CT molecular complexity index is 698. The molecule has 3 aliphatic rings. The predicted molar refractivity (Wildman–Crippen MR) is 172 cm³/mol. The lowest BCUT2D eigenvalue weighted by Gasteiger charge is -2.10. The molecule has 3 rings (SSSR count). The Kier molecular flexibility index (Phi) is 26.2. The SMILES string of the molecule is C=CC(=O)COCCCCC1CCCO1.C=CC(=O)OCCCNCC1CCCO1.C=CC(=O)OCCOCCC1CCCO1. The molecule has 3 fully saturated rings. The molecule has 0 amide bonds. The van der Waals surface area contributed by atoms with E-state index in [1.165, 1.54) is 31.4 Å². The second-order valence-corrected chi connectivity index (χ2v) is 10.8. The van der Waals surface area contributed by atoms with Crippen LogP contribution in [0.1, 0.15) is 70.6 Å². The number of ketones is 1. The zero-order valence-corrected chi connectivity index (χ0v) is 27.2. The zero-order valence-electron chi connectivity index (χ0n) is 27.2. The summed E-state index contributed by atoms with van der Waals surface area (Å²) in [4.78, 5) is 32.1. The lowest BCUT2D eigenvalue weighted by Crippen LogP contribution is -2.27. The van der Waals surface area contributed by atoms with Gasteiger partial charge in [-0.2, -0.15) is 0 Å². The van der Waals surface area contributed by atoms with Gasteiger partial charge in [-0.3, -0.25) is 4.79 Å². The van der Waals surface area contributed by atoms with E-state index in [0.717, 1.165) is 90.4 Å². The number of nitrogens with one attached hydrogen (secondary N) is 1. The van der Waals surface area contributed by atoms with E-state index in [2.05, 4.69) is 25.1 Å². The van der Waals surface area contributed by atoms with Crippen LogP contribution < -0.4 is 5.32 Å². The van der Waals surface area contributed by atoms with Crippen molar-refractivity contribution in [3.05, 3.63) is 38.0 Å². The van der Waals surface area contributed by atoms with Gasteiger partial charge in [0.05, 0.1) is 31.5 Å². The van der Waals surface area contributed by atoms with Gasteiger partial charge in [-0.1, -0.05) is 19.7 Å². The van der Waals surface area contributed by atoms with Crippen LogP contribution in [0, 0.1) is 0 Å². The number of unbranched alkanes of at least 4 members (excludes halogenated alkanes) is 1. The highest BCUT2D eigenvalue weighted by Crippen LogP contribution is 2.17. The highest BCUT2D eigenvalue weighted by Gasteiger charge is 2.16. The van der Waals surface area contributed by atoms with Crippen molar-refractivity contribution in [3.8, 4) is 0 Å². The molecule has 0 spiro atoms. The van der Waals surface area contributed by atoms with Gasteiger partial charge in [0.25, 0.3) is 0 Å². The number of carbonyl (C=O) groups is 3. The van der Waals surface area contributed by atoms with Crippen molar-refractivity contribution in [2.75, 3.05) is 72.6 Å². The Morgan fingerprint density at radius 1 is 0.644 bits per heavy atom. The Hall–Kier alpha value is -2.41. The molecule has 0 radical (unpaired) electrons. The molecule has 3 unspecified atom stereocenters.